The molecule has 10 heteroatoms. The monoisotopic (exact) mass is 518 g/mol. The molecule has 0 spiro atoms. The van der Waals surface area contributed by atoms with Gasteiger partial charge in [-0.1, -0.05) is 6.07 Å². The summed E-state index contributed by atoms with van der Waals surface area (Å²) in [5.41, 5.74) is 3.88. The van der Waals surface area contributed by atoms with Crippen LogP contribution in [0.5, 0.6) is 0 Å². The summed E-state index contributed by atoms with van der Waals surface area (Å²) >= 11 is 0. The molecular weight excluding hydrogens is 493 g/mol. The van der Waals surface area contributed by atoms with Crippen molar-refractivity contribution in [1.82, 2.24) is 24.8 Å². The second-order valence-electron chi connectivity index (χ2n) is 9.54. The molecule has 194 valence electrons. The largest absolute Gasteiger partial charge is 0.418 e. The first-order valence-corrected chi connectivity index (χ1v) is 12.4. The lowest BCUT2D eigenvalue weighted by Gasteiger charge is -2.31. The summed E-state index contributed by atoms with van der Waals surface area (Å²) < 4.78 is 44.2. The normalized spacial score (nSPS) is 14.5. The zero-order chi connectivity index (χ0) is 26.6. The molecule has 2 aromatic carbocycles. The highest BCUT2D eigenvalue weighted by Crippen LogP contribution is 2.39. The quantitative estimate of drug-likeness (QED) is 0.353. The highest BCUT2D eigenvalue weighted by Gasteiger charge is 2.36. The molecule has 1 aliphatic rings. The van der Waals surface area contributed by atoms with Gasteiger partial charge in [-0.25, -0.2) is 4.79 Å². The SMILES string of the molecule is Cc1cc(-c2ccc3nc(C)c4[nH]c(=O)n(-c5ccc(N6CCNCC6)c(C(F)(F)F)c5)c4c3c2)ccn1. The molecule has 1 saturated heterocycles. The van der Waals surface area contributed by atoms with Crippen LogP contribution >= 0.6 is 0 Å². The van der Waals surface area contributed by atoms with Crippen molar-refractivity contribution in [2.45, 2.75) is 20.0 Å². The number of aromatic amines is 1. The first-order valence-electron chi connectivity index (χ1n) is 12.4. The van der Waals surface area contributed by atoms with Crippen LogP contribution in [-0.2, 0) is 6.18 Å². The Balaban J connectivity index is 1.60. The minimum Gasteiger partial charge on any atom is -0.368 e. The predicted molar refractivity (Wildman–Crippen MR) is 142 cm³/mol. The number of hydrogen-bond acceptors (Lipinski definition) is 5. The van der Waals surface area contributed by atoms with Gasteiger partial charge in [0.1, 0.15) is 0 Å². The molecule has 1 fully saturated rings. The molecule has 0 amide bonds. The van der Waals surface area contributed by atoms with Gasteiger partial charge in [0.2, 0.25) is 0 Å². The number of imidazole rings is 1. The van der Waals surface area contributed by atoms with E-state index in [1.165, 1.54) is 10.6 Å². The minimum absolute atomic E-state index is 0.119. The lowest BCUT2D eigenvalue weighted by molar-refractivity contribution is -0.137. The Hall–Kier alpha value is -4.18. The van der Waals surface area contributed by atoms with Crippen LogP contribution in [0, 0.1) is 13.8 Å². The van der Waals surface area contributed by atoms with Crippen LogP contribution in [0.15, 0.2) is 59.5 Å². The molecule has 7 nitrogen and oxygen atoms in total. The van der Waals surface area contributed by atoms with Crippen LogP contribution < -0.4 is 15.9 Å². The topological polar surface area (TPSA) is 78.8 Å². The third kappa shape index (κ3) is 4.10. The summed E-state index contributed by atoms with van der Waals surface area (Å²) in [6, 6.07) is 13.7. The number of aryl methyl sites for hydroxylation is 2. The van der Waals surface area contributed by atoms with Crippen LogP contribution in [0.2, 0.25) is 0 Å². The van der Waals surface area contributed by atoms with E-state index in [1.54, 1.807) is 24.1 Å². The van der Waals surface area contributed by atoms with Gasteiger partial charge in [-0.3, -0.25) is 14.5 Å². The van der Waals surface area contributed by atoms with E-state index >= 15 is 0 Å². The number of pyridine rings is 2. The van der Waals surface area contributed by atoms with Gasteiger partial charge in [-0.05, 0) is 67.4 Å². The molecule has 3 aromatic heterocycles. The molecule has 4 heterocycles. The van der Waals surface area contributed by atoms with Crippen molar-refractivity contribution in [3.63, 3.8) is 0 Å². The number of H-pyrrole nitrogens is 1. The van der Waals surface area contributed by atoms with Crippen LogP contribution in [0.3, 0.4) is 0 Å². The fourth-order valence-electron chi connectivity index (χ4n) is 5.23. The Morgan fingerprint density at radius 3 is 2.45 bits per heavy atom. The van der Waals surface area contributed by atoms with Crippen molar-refractivity contribution in [2.75, 3.05) is 31.1 Å². The number of rotatable bonds is 3. The van der Waals surface area contributed by atoms with E-state index in [4.69, 9.17) is 0 Å². The number of nitrogens with one attached hydrogen (secondary N) is 2. The van der Waals surface area contributed by atoms with Crippen LogP contribution in [0.25, 0.3) is 38.8 Å². The number of fused-ring (bicyclic) bond motifs is 3. The minimum atomic E-state index is -4.59. The average molecular weight is 519 g/mol. The molecule has 0 unspecified atom stereocenters. The van der Waals surface area contributed by atoms with Crippen LogP contribution in [-0.4, -0.2) is 45.7 Å². The van der Waals surface area contributed by atoms with Crippen LogP contribution in [0.1, 0.15) is 17.0 Å². The molecule has 6 rings (SSSR count). The Labute approximate surface area is 216 Å². The summed E-state index contributed by atoms with van der Waals surface area (Å²) in [6.07, 6.45) is -2.86. The predicted octanol–water partition coefficient (Wildman–Crippen LogP) is 4.97. The number of hydrogen-bond donors (Lipinski definition) is 2. The fraction of sp³-hybridized carbons (Fsp3) is 0.250. The number of halogens is 3. The van der Waals surface area contributed by atoms with Crippen LogP contribution in [0.4, 0.5) is 18.9 Å². The molecule has 1 aliphatic heterocycles. The Kier molecular flexibility index (Phi) is 5.71. The highest BCUT2D eigenvalue weighted by molar-refractivity contribution is 6.05. The maximum Gasteiger partial charge on any atom is 0.418 e. The Bertz CT molecular complexity index is 1750. The second kappa shape index (κ2) is 8.98. The van der Waals surface area contributed by atoms with E-state index in [9.17, 15) is 18.0 Å². The number of piperazine rings is 1. The average Bonchev–Trinajstić information content (AvgIpc) is 3.26. The summed E-state index contributed by atoms with van der Waals surface area (Å²) in [7, 11) is 0. The van der Waals surface area contributed by atoms with Gasteiger partial charge < -0.3 is 15.2 Å². The Morgan fingerprint density at radius 2 is 1.71 bits per heavy atom. The first-order chi connectivity index (χ1) is 18.2. The molecule has 5 aromatic rings. The third-order valence-corrected chi connectivity index (χ3v) is 7.03. The molecule has 0 atom stereocenters. The lowest BCUT2D eigenvalue weighted by Crippen LogP contribution is -2.44. The highest BCUT2D eigenvalue weighted by atomic mass is 19.4. The van der Waals surface area contributed by atoms with Gasteiger partial charge in [0.25, 0.3) is 0 Å². The maximum absolute atomic E-state index is 14.3. The number of alkyl halides is 3. The van der Waals surface area contributed by atoms with E-state index < -0.39 is 17.4 Å². The zero-order valence-electron chi connectivity index (χ0n) is 20.9. The van der Waals surface area contributed by atoms with Crippen molar-refractivity contribution < 1.29 is 13.2 Å². The summed E-state index contributed by atoms with van der Waals surface area (Å²) in [6.45, 7) is 5.85. The standard InChI is InChI=1S/C28H25F3N6O/c1-16-13-19(7-8-33-16)18-3-5-23-21(14-18)26-25(17(2)34-23)35-27(38)37(26)20-4-6-24(22(15-20)28(29,30)31)36-11-9-32-10-12-36/h3-8,13-15,32H,9-12H2,1-2H3,(H,35,38). The van der Waals surface area contributed by atoms with E-state index in [1.807, 2.05) is 37.3 Å². The van der Waals surface area contributed by atoms with Crippen molar-refractivity contribution in [3.8, 4) is 16.8 Å². The van der Waals surface area contributed by atoms with Gasteiger partial charge in [-0.15, -0.1) is 0 Å². The van der Waals surface area contributed by atoms with Gasteiger partial charge in [0, 0.05) is 49.1 Å². The van der Waals surface area contributed by atoms with E-state index in [-0.39, 0.29) is 11.4 Å². The second-order valence-corrected chi connectivity index (χ2v) is 9.54. The van der Waals surface area contributed by atoms with Gasteiger partial charge in [-0.2, -0.15) is 13.2 Å². The summed E-state index contributed by atoms with van der Waals surface area (Å²) in [4.78, 5) is 26.7. The van der Waals surface area contributed by atoms with E-state index in [2.05, 4.69) is 20.3 Å². The molecule has 38 heavy (non-hydrogen) atoms. The van der Waals surface area contributed by atoms with Crippen molar-refractivity contribution in [3.05, 3.63) is 82.2 Å². The fourth-order valence-corrected chi connectivity index (χ4v) is 5.23. The van der Waals surface area contributed by atoms with E-state index in [0.29, 0.717) is 53.8 Å². The van der Waals surface area contributed by atoms with Gasteiger partial charge in [0.15, 0.2) is 0 Å². The summed E-state index contributed by atoms with van der Waals surface area (Å²) in [5, 5.41) is 3.83. The molecular formula is C28H25F3N6O. The molecule has 2 N–H and O–H groups in total. The lowest BCUT2D eigenvalue weighted by atomic mass is 10.0. The summed E-state index contributed by atoms with van der Waals surface area (Å²) in [5.74, 6) is 0. The number of benzene rings is 2. The van der Waals surface area contributed by atoms with Gasteiger partial charge >= 0.3 is 11.9 Å². The van der Waals surface area contributed by atoms with Gasteiger partial charge in [0.05, 0.1) is 33.5 Å². The molecule has 0 aliphatic carbocycles. The first kappa shape index (κ1) is 24.2. The number of nitrogens with zero attached hydrogens (tertiary/aromatic N) is 4. The molecule has 0 saturated carbocycles. The molecule has 0 radical (unpaired) electrons. The van der Waals surface area contributed by atoms with Crippen molar-refractivity contribution in [2.24, 2.45) is 0 Å². The number of aromatic nitrogens is 4. The number of anilines is 1. The van der Waals surface area contributed by atoms with E-state index in [0.717, 1.165) is 22.9 Å². The molecule has 0 bridgehead atoms. The van der Waals surface area contributed by atoms with Crippen molar-refractivity contribution >= 4 is 27.6 Å². The van der Waals surface area contributed by atoms with Crippen molar-refractivity contribution in [1.29, 1.82) is 0 Å². The Morgan fingerprint density at radius 1 is 0.947 bits per heavy atom. The maximum atomic E-state index is 14.3. The zero-order valence-corrected chi connectivity index (χ0v) is 20.9. The third-order valence-electron chi connectivity index (χ3n) is 7.03. The smallest absolute Gasteiger partial charge is 0.368 e.